The average molecular weight is 419 g/mol. The number of nitrogens with zero attached hydrogens (tertiary/aromatic N) is 4. The zero-order valence-electron chi connectivity index (χ0n) is 16.5. The van der Waals surface area contributed by atoms with E-state index in [0.717, 1.165) is 38.9 Å². The van der Waals surface area contributed by atoms with Crippen molar-refractivity contribution >= 4 is 5.82 Å². The van der Waals surface area contributed by atoms with Gasteiger partial charge >= 0.3 is 6.18 Å². The van der Waals surface area contributed by atoms with Gasteiger partial charge in [0, 0.05) is 43.0 Å². The van der Waals surface area contributed by atoms with E-state index in [0.29, 0.717) is 41.0 Å². The van der Waals surface area contributed by atoms with Crippen LogP contribution in [0.4, 0.5) is 19.0 Å². The number of fused-ring (bicyclic) bond motifs is 1. The Morgan fingerprint density at radius 3 is 2.47 bits per heavy atom. The Hall–Kier alpha value is -2.13. The number of halogens is 3. The average Bonchev–Trinajstić information content (AvgIpc) is 3.48. The fourth-order valence-electron chi connectivity index (χ4n) is 5.10. The van der Waals surface area contributed by atoms with Gasteiger partial charge in [-0.2, -0.15) is 18.3 Å². The molecule has 4 fully saturated rings. The number of alkyl halides is 3. The molecule has 0 bridgehead atoms. The fourth-order valence-corrected chi connectivity index (χ4v) is 5.10. The molecule has 6 nitrogen and oxygen atoms in total. The highest BCUT2D eigenvalue weighted by atomic mass is 19.4. The molecule has 9 heteroatoms. The van der Waals surface area contributed by atoms with Crippen molar-refractivity contribution in [1.29, 1.82) is 0 Å². The molecular formula is C21H24F3N5O. The molecule has 0 aromatic carbocycles. The molecular weight excluding hydrogens is 395 g/mol. The molecule has 3 atom stereocenters. The molecule has 2 aromatic rings. The van der Waals surface area contributed by atoms with Crippen molar-refractivity contribution in [2.75, 3.05) is 32.0 Å². The first-order chi connectivity index (χ1) is 14.4. The van der Waals surface area contributed by atoms with Gasteiger partial charge in [0.15, 0.2) is 0 Å². The van der Waals surface area contributed by atoms with Crippen molar-refractivity contribution in [3.63, 3.8) is 0 Å². The predicted octanol–water partition coefficient (Wildman–Crippen LogP) is 3.00. The van der Waals surface area contributed by atoms with Crippen LogP contribution in [0.5, 0.6) is 0 Å². The quantitative estimate of drug-likeness (QED) is 0.807. The van der Waals surface area contributed by atoms with E-state index in [4.69, 9.17) is 15.6 Å². The van der Waals surface area contributed by atoms with E-state index in [1.807, 2.05) is 6.07 Å². The van der Waals surface area contributed by atoms with E-state index in [1.165, 1.54) is 24.7 Å². The largest absolute Gasteiger partial charge is 0.419 e. The highest BCUT2D eigenvalue weighted by Crippen LogP contribution is 2.59. The first kappa shape index (κ1) is 18.6. The van der Waals surface area contributed by atoms with Gasteiger partial charge < -0.3 is 10.5 Å². The van der Waals surface area contributed by atoms with E-state index in [9.17, 15) is 13.2 Å². The summed E-state index contributed by atoms with van der Waals surface area (Å²) >= 11 is 0. The Morgan fingerprint density at radius 1 is 1.13 bits per heavy atom. The van der Waals surface area contributed by atoms with E-state index in [-0.39, 0.29) is 0 Å². The number of hydrogen-bond donors (Lipinski definition) is 1. The molecule has 2 saturated heterocycles. The summed E-state index contributed by atoms with van der Waals surface area (Å²) in [5.74, 6) is 1.81. The second-order valence-corrected chi connectivity index (χ2v) is 9.23. The minimum absolute atomic E-state index is 0.367. The highest BCUT2D eigenvalue weighted by Gasteiger charge is 2.58. The highest BCUT2D eigenvalue weighted by molar-refractivity contribution is 5.63. The molecule has 2 aromatic heterocycles. The molecule has 0 unspecified atom stereocenters. The number of hydrogen-bond acceptors (Lipinski definition) is 5. The Kier molecular flexibility index (Phi) is 3.99. The van der Waals surface area contributed by atoms with Crippen LogP contribution < -0.4 is 5.73 Å². The molecule has 4 heterocycles. The molecule has 0 radical (unpaired) electrons. The second-order valence-electron chi connectivity index (χ2n) is 9.23. The number of rotatable bonds is 5. The van der Waals surface area contributed by atoms with Crippen molar-refractivity contribution in [2.45, 2.75) is 37.5 Å². The monoisotopic (exact) mass is 419 g/mol. The number of nitrogen functional groups attached to an aromatic ring is 1. The Bertz CT molecular complexity index is 970. The summed E-state index contributed by atoms with van der Waals surface area (Å²) in [5.41, 5.74) is 6.65. The normalized spacial score (nSPS) is 29.1. The third-order valence-corrected chi connectivity index (χ3v) is 7.16. The van der Waals surface area contributed by atoms with Crippen molar-refractivity contribution in [1.82, 2.24) is 19.7 Å². The SMILES string of the molecule is Nc1ncc(-c2cc([C@@H]3[C@@H]4CN(C5COC5)C[C@@H]43)n(CC3CC3)n2)cc1C(F)(F)F. The van der Waals surface area contributed by atoms with Crippen LogP contribution in [0.2, 0.25) is 0 Å². The Morgan fingerprint density at radius 2 is 1.87 bits per heavy atom. The van der Waals surface area contributed by atoms with Gasteiger partial charge in [0.1, 0.15) is 5.82 Å². The van der Waals surface area contributed by atoms with Crippen molar-refractivity contribution in [3.05, 3.63) is 29.6 Å². The summed E-state index contributed by atoms with van der Waals surface area (Å²) in [7, 11) is 0. The molecule has 2 aliphatic heterocycles. The van der Waals surface area contributed by atoms with Crippen LogP contribution in [-0.2, 0) is 17.5 Å². The molecule has 160 valence electrons. The molecule has 0 spiro atoms. The molecule has 2 saturated carbocycles. The third kappa shape index (κ3) is 3.10. The van der Waals surface area contributed by atoms with Crippen molar-refractivity contribution in [2.24, 2.45) is 17.8 Å². The first-order valence-corrected chi connectivity index (χ1v) is 10.6. The lowest BCUT2D eigenvalue weighted by molar-refractivity contribution is -0.137. The topological polar surface area (TPSA) is 69.2 Å². The molecule has 2 N–H and O–H groups in total. The summed E-state index contributed by atoms with van der Waals surface area (Å²) in [6.45, 7) is 4.67. The number of ether oxygens (including phenoxy) is 1. The minimum atomic E-state index is -4.53. The third-order valence-electron chi connectivity index (χ3n) is 7.16. The van der Waals surface area contributed by atoms with Gasteiger partial charge in [-0.3, -0.25) is 9.58 Å². The molecule has 4 aliphatic rings. The summed E-state index contributed by atoms with van der Waals surface area (Å²) < 4.78 is 47.2. The summed E-state index contributed by atoms with van der Waals surface area (Å²) in [4.78, 5) is 6.31. The zero-order valence-corrected chi connectivity index (χ0v) is 16.5. The van der Waals surface area contributed by atoms with Crippen LogP contribution in [0.15, 0.2) is 18.3 Å². The van der Waals surface area contributed by atoms with E-state index < -0.39 is 17.6 Å². The fraction of sp³-hybridized carbons (Fsp3) is 0.619. The van der Waals surface area contributed by atoms with Gasteiger partial charge in [0.2, 0.25) is 0 Å². The van der Waals surface area contributed by atoms with E-state index >= 15 is 0 Å². The van der Waals surface area contributed by atoms with Crippen LogP contribution in [-0.4, -0.2) is 52.0 Å². The van der Waals surface area contributed by atoms with Gasteiger partial charge in [-0.15, -0.1) is 0 Å². The number of nitrogens with two attached hydrogens (primary N) is 1. The summed E-state index contributed by atoms with van der Waals surface area (Å²) in [5, 5.41) is 4.72. The summed E-state index contributed by atoms with van der Waals surface area (Å²) in [6.07, 6.45) is -0.745. The number of pyridine rings is 1. The van der Waals surface area contributed by atoms with Crippen LogP contribution >= 0.6 is 0 Å². The Labute approximate surface area is 172 Å². The summed E-state index contributed by atoms with van der Waals surface area (Å²) in [6, 6.07) is 3.62. The maximum Gasteiger partial charge on any atom is 0.419 e. The molecule has 2 aliphatic carbocycles. The van der Waals surface area contributed by atoms with Gasteiger partial charge in [0.05, 0.1) is 30.5 Å². The second kappa shape index (κ2) is 6.43. The molecule has 30 heavy (non-hydrogen) atoms. The number of anilines is 1. The lowest BCUT2D eigenvalue weighted by Crippen LogP contribution is -2.48. The zero-order chi connectivity index (χ0) is 20.6. The van der Waals surface area contributed by atoms with Gasteiger partial charge in [-0.05, 0) is 42.7 Å². The van der Waals surface area contributed by atoms with Gasteiger partial charge in [0.25, 0.3) is 0 Å². The standard InChI is InChI=1S/C21H24F3N5O/c22-21(23,24)16-3-12(5-26-20(16)25)17-4-18(29(27-17)6-11-1-2-11)19-14-7-28(8-15(14)19)13-9-30-10-13/h3-5,11,13-15,19H,1-2,6-10H2,(H2,25,26)/t14-,15+,19-. The van der Waals surface area contributed by atoms with Crippen LogP contribution in [0, 0.1) is 17.8 Å². The maximum atomic E-state index is 13.3. The molecule has 6 rings (SSSR count). The van der Waals surface area contributed by atoms with Crippen LogP contribution in [0.3, 0.4) is 0 Å². The number of aromatic nitrogens is 3. The minimum Gasteiger partial charge on any atom is -0.383 e. The Balaban J connectivity index is 1.29. The smallest absolute Gasteiger partial charge is 0.383 e. The van der Waals surface area contributed by atoms with Crippen LogP contribution in [0.1, 0.15) is 30.0 Å². The van der Waals surface area contributed by atoms with Crippen LogP contribution in [0.25, 0.3) is 11.3 Å². The predicted molar refractivity (Wildman–Crippen MR) is 103 cm³/mol. The van der Waals surface area contributed by atoms with Gasteiger partial charge in [-0.25, -0.2) is 4.98 Å². The lowest BCUT2D eigenvalue weighted by Gasteiger charge is -2.35. The van der Waals surface area contributed by atoms with E-state index in [2.05, 4.69) is 14.6 Å². The first-order valence-electron chi connectivity index (χ1n) is 10.6. The number of likely N-dealkylation sites (tertiary alicyclic amines) is 1. The molecule has 0 amide bonds. The lowest BCUT2D eigenvalue weighted by atomic mass is 10.1. The maximum absolute atomic E-state index is 13.3. The van der Waals surface area contributed by atoms with Gasteiger partial charge in [-0.1, -0.05) is 0 Å². The van der Waals surface area contributed by atoms with Crippen molar-refractivity contribution in [3.8, 4) is 11.3 Å². The van der Waals surface area contributed by atoms with Crippen molar-refractivity contribution < 1.29 is 17.9 Å². The number of piperidine rings is 1. The van der Waals surface area contributed by atoms with E-state index in [1.54, 1.807) is 0 Å².